The Bertz CT molecular complexity index is 1090. The van der Waals surface area contributed by atoms with Gasteiger partial charge in [0.05, 0.1) is 36.5 Å². The maximum Gasteiger partial charge on any atom is 0.240 e. The number of methoxy groups -OCH3 is 2. The molecule has 1 heterocycles. The van der Waals surface area contributed by atoms with Crippen LogP contribution < -0.4 is 19.5 Å². The second-order valence-electron chi connectivity index (χ2n) is 5.85. The summed E-state index contributed by atoms with van der Waals surface area (Å²) in [5, 5.41) is 10.4. The van der Waals surface area contributed by atoms with E-state index in [2.05, 4.69) is 20.2 Å². The summed E-state index contributed by atoms with van der Waals surface area (Å²) in [6.07, 6.45) is 1.62. The van der Waals surface area contributed by atoms with Crippen LogP contribution in [0.3, 0.4) is 0 Å². The van der Waals surface area contributed by atoms with E-state index in [9.17, 15) is 13.2 Å². The lowest BCUT2D eigenvalue weighted by Gasteiger charge is -2.11. The van der Waals surface area contributed by atoms with E-state index in [1.807, 2.05) is 6.07 Å². The lowest BCUT2D eigenvalue weighted by molar-refractivity contribution is -0.116. The predicted molar refractivity (Wildman–Crippen MR) is 104 cm³/mol. The van der Waals surface area contributed by atoms with Crippen molar-refractivity contribution in [2.45, 2.75) is 11.3 Å². The van der Waals surface area contributed by atoms with Gasteiger partial charge in [-0.05, 0) is 18.2 Å². The van der Waals surface area contributed by atoms with Crippen LogP contribution in [-0.2, 0) is 14.8 Å². The van der Waals surface area contributed by atoms with Crippen LogP contribution in [0.15, 0.2) is 47.5 Å². The summed E-state index contributed by atoms with van der Waals surface area (Å²) in [6.45, 7) is -0.0541. The summed E-state index contributed by atoms with van der Waals surface area (Å²) in [6, 6.07) is 9.68. The second kappa shape index (κ2) is 8.28. The molecule has 0 spiro atoms. The summed E-state index contributed by atoms with van der Waals surface area (Å²) in [5.41, 5.74) is 1.30. The molecule has 3 N–H and O–H groups in total. The van der Waals surface area contributed by atoms with Gasteiger partial charge >= 0.3 is 0 Å². The molecule has 9 nitrogen and oxygen atoms in total. The fourth-order valence-electron chi connectivity index (χ4n) is 2.65. The van der Waals surface area contributed by atoms with Crippen LogP contribution in [0.5, 0.6) is 11.5 Å². The van der Waals surface area contributed by atoms with Gasteiger partial charge in [-0.25, -0.2) is 13.1 Å². The third kappa shape index (κ3) is 4.24. The van der Waals surface area contributed by atoms with Gasteiger partial charge in [-0.2, -0.15) is 5.10 Å². The SMILES string of the molecule is COc1ccc(S(=O)(=O)NCCC(=O)Nc2cccc3cn[nH]c23)cc1OC. The number of carbonyl (C=O) groups is 1. The van der Waals surface area contributed by atoms with Gasteiger partial charge in [0.15, 0.2) is 11.5 Å². The van der Waals surface area contributed by atoms with Crippen molar-refractivity contribution in [3.8, 4) is 11.5 Å². The van der Waals surface area contributed by atoms with Crippen LogP contribution in [-0.4, -0.2) is 45.3 Å². The number of benzene rings is 2. The number of H-pyrrole nitrogens is 1. The van der Waals surface area contributed by atoms with Gasteiger partial charge in [0.1, 0.15) is 0 Å². The maximum absolute atomic E-state index is 12.4. The molecule has 2 aromatic carbocycles. The average Bonchev–Trinajstić information content (AvgIpc) is 3.17. The number of hydrogen-bond acceptors (Lipinski definition) is 6. The molecule has 0 fully saturated rings. The van der Waals surface area contributed by atoms with Crippen LogP contribution in [0.4, 0.5) is 5.69 Å². The molecule has 0 aliphatic heterocycles. The van der Waals surface area contributed by atoms with E-state index in [0.717, 1.165) is 5.39 Å². The third-order valence-electron chi connectivity index (χ3n) is 4.06. The normalized spacial score (nSPS) is 11.4. The minimum Gasteiger partial charge on any atom is -0.493 e. The lowest BCUT2D eigenvalue weighted by atomic mass is 10.2. The minimum absolute atomic E-state index is 0.0211. The maximum atomic E-state index is 12.4. The average molecular weight is 404 g/mol. The molecule has 0 atom stereocenters. The molecule has 3 rings (SSSR count). The number of nitrogens with one attached hydrogen (secondary N) is 3. The zero-order valence-corrected chi connectivity index (χ0v) is 16.2. The minimum atomic E-state index is -3.79. The fraction of sp³-hybridized carbons (Fsp3) is 0.222. The molecule has 0 aliphatic rings. The lowest BCUT2D eigenvalue weighted by Crippen LogP contribution is -2.28. The number of carbonyl (C=O) groups excluding carboxylic acids is 1. The van der Waals surface area contributed by atoms with Gasteiger partial charge in [0, 0.05) is 24.4 Å². The van der Waals surface area contributed by atoms with Gasteiger partial charge in [0.2, 0.25) is 15.9 Å². The van der Waals surface area contributed by atoms with E-state index < -0.39 is 10.0 Å². The molecule has 28 heavy (non-hydrogen) atoms. The van der Waals surface area contributed by atoms with Crippen LogP contribution in [0.25, 0.3) is 10.9 Å². The van der Waals surface area contributed by atoms with Crippen LogP contribution in [0.1, 0.15) is 6.42 Å². The zero-order chi connectivity index (χ0) is 20.1. The number of sulfonamides is 1. The van der Waals surface area contributed by atoms with Gasteiger partial charge in [0.25, 0.3) is 0 Å². The molecule has 3 aromatic rings. The Kier molecular flexibility index (Phi) is 5.81. The van der Waals surface area contributed by atoms with Crippen molar-refractivity contribution in [2.24, 2.45) is 0 Å². The van der Waals surface area contributed by atoms with Crippen molar-refractivity contribution in [3.63, 3.8) is 0 Å². The van der Waals surface area contributed by atoms with Gasteiger partial charge in [-0.15, -0.1) is 0 Å². The number of amides is 1. The van der Waals surface area contributed by atoms with Gasteiger partial charge in [-0.3, -0.25) is 9.89 Å². The summed E-state index contributed by atoms with van der Waals surface area (Å²) in [4.78, 5) is 12.2. The van der Waals surface area contributed by atoms with Crippen molar-refractivity contribution in [1.29, 1.82) is 0 Å². The first kappa shape index (κ1) is 19.6. The summed E-state index contributed by atoms with van der Waals surface area (Å²) in [5.74, 6) is 0.404. The molecule has 0 aliphatic carbocycles. The number of ether oxygens (including phenoxy) is 2. The first-order chi connectivity index (χ1) is 13.4. The first-order valence-electron chi connectivity index (χ1n) is 8.38. The van der Waals surface area contributed by atoms with E-state index >= 15 is 0 Å². The van der Waals surface area contributed by atoms with E-state index in [1.54, 1.807) is 18.3 Å². The number of fused-ring (bicyclic) bond motifs is 1. The highest BCUT2D eigenvalue weighted by molar-refractivity contribution is 7.89. The largest absolute Gasteiger partial charge is 0.493 e. The molecule has 0 bridgehead atoms. The monoisotopic (exact) mass is 404 g/mol. The highest BCUT2D eigenvalue weighted by atomic mass is 32.2. The molecule has 1 aromatic heterocycles. The van der Waals surface area contributed by atoms with Crippen molar-refractivity contribution in [2.75, 3.05) is 26.1 Å². The molecule has 10 heteroatoms. The van der Waals surface area contributed by atoms with Crippen molar-refractivity contribution >= 4 is 32.5 Å². The summed E-state index contributed by atoms with van der Waals surface area (Å²) in [7, 11) is -0.906. The van der Waals surface area contributed by atoms with Crippen LogP contribution >= 0.6 is 0 Å². The van der Waals surface area contributed by atoms with Gasteiger partial charge < -0.3 is 14.8 Å². The number of rotatable bonds is 8. The Balaban J connectivity index is 1.60. The molecular weight excluding hydrogens is 384 g/mol. The molecule has 0 saturated carbocycles. The van der Waals surface area contributed by atoms with Gasteiger partial charge in [-0.1, -0.05) is 12.1 Å². The van der Waals surface area contributed by atoms with E-state index in [4.69, 9.17) is 9.47 Å². The number of hydrogen-bond donors (Lipinski definition) is 3. The number of nitrogens with zero attached hydrogens (tertiary/aromatic N) is 1. The quantitative estimate of drug-likeness (QED) is 0.527. The van der Waals surface area contributed by atoms with E-state index in [1.165, 1.54) is 32.4 Å². The predicted octanol–water partition coefficient (Wildman–Crippen LogP) is 1.89. The summed E-state index contributed by atoms with van der Waals surface area (Å²) >= 11 is 0. The number of para-hydroxylation sites is 1. The highest BCUT2D eigenvalue weighted by Crippen LogP contribution is 2.29. The molecule has 148 valence electrons. The standard InChI is InChI=1S/C18H20N4O5S/c1-26-15-7-6-13(10-16(15)27-2)28(24,25)20-9-8-17(23)21-14-5-3-4-12-11-19-22-18(12)14/h3-7,10-11,20H,8-9H2,1-2H3,(H,19,22)(H,21,23). The molecule has 1 amide bonds. The van der Waals surface area contributed by atoms with Crippen LogP contribution in [0.2, 0.25) is 0 Å². The third-order valence-corrected chi connectivity index (χ3v) is 5.52. The Morgan fingerprint density at radius 3 is 2.68 bits per heavy atom. The van der Waals surface area contributed by atoms with Crippen molar-refractivity contribution < 1.29 is 22.7 Å². The second-order valence-corrected chi connectivity index (χ2v) is 7.62. The van der Waals surface area contributed by atoms with E-state index in [-0.39, 0.29) is 23.8 Å². The fourth-order valence-corrected chi connectivity index (χ4v) is 3.70. The first-order valence-corrected chi connectivity index (χ1v) is 9.86. The summed E-state index contributed by atoms with van der Waals surface area (Å²) < 4.78 is 37.5. The number of aromatic nitrogens is 2. The highest BCUT2D eigenvalue weighted by Gasteiger charge is 2.17. The Morgan fingerprint density at radius 2 is 1.93 bits per heavy atom. The Hall–Kier alpha value is -3.11. The van der Waals surface area contributed by atoms with Crippen molar-refractivity contribution in [1.82, 2.24) is 14.9 Å². The number of anilines is 1. The van der Waals surface area contributed by atoms with E-state index in [0.29, 0.717) is 22.7 Å². The molecule has 0 unspecified atom stereocenters. The Morgan fingerprint density at radius 1 is 1.14 bits per heavy atom. The van der Waals surface area contributed by atoms with Crippen molar-refractivity contribution in [3.05, 3.63) is 42.6 Å². The molecular formula is C18H20N4O5S. The Labute approximate surface area is 162 Å². The molecule has 0 saturated heterocycles. The zero-order valence-electron chi connectivity index (χ0n) is 15.4. The van der Waals surface area contributed by atoms with Crippen LogP contribution in [0, 0.1) is 0 Å². The smallest absolute Gasteiger partial charge is 0.240 e. The number of aromatic amines is 1. The molecule has 0 radical (unpaired) electrons. The topological polar surface area (TPSA) is 122 Å².